The van der Waals surface area contributed by atoms with Crippen LogP contribution in [0.25, 0.3) is 0 Å². The van der Waals surface area contributed by atoms with Crippen molar-refractivity contribution in [3.05, 3.63) is 47.1 Å². The number of rotatable bonds is 6. The molecule has 1 aliphatic carbocycles. The molecule has 0 bridgehead atoms. The monoisotopic (exact) mass is 285 g/mol. The lowest BCUT2D eigenvalue weighted by Gasteiger charge is -2.05. The van der Waals surface area contributed by atoms with Crippen LogP contribution in [0.4, 0.5) is 0 Å². The summed E-state index contributed by atoms with van der Waals surface area (Å²) >= 11 is 0. The van der Waals surface area contributed by atoms with Crippen molar-refractivity contribution in [2.45, 2.75) is 51.5 Å². The Balaban J connectivity index is 1.54. The average molecular weight is 285 g/mol. The average Bonchev–Trinajstić information content (AvgIpc) is 3.09. The molecule has 1 aliphatic rings. The van der Waals surface area contributed by atoms with E-state index in [1.54, 1.807) is 0 Å². The third kappa shape index (κ3) is 3.50. The molecule has 4 nitrogen and oxygen atoms in total. The maximum absolute atomic E-state index is 5.39. The van der Waals surface area contributed by atoms with Crippen molar-refractivity contribution in [1.82, 2.24) is 15.5 Å². The van der Waals surface area contributed by atoms with Gasteiger partial charge in [0.25, 0.3) is 0 Å². The molecule has 0 saturated heterocycles. The number of aryl methyl sites for hydroxylation is 1. The number of hydrogen-bond acceptors (Lipinski definition) is 4. The Hall–Kier alpha value is -1.68. The summed E-state index contributed by atoms with van der Waals surface area (Å²) in [5.74, 6) is 2.03. The van der Waals surface area contributed by atoms with Gasteiger partial charge in [0.2, 0.25) is 5.89 Å². The van der Waals surface area contributed by atoms with Crippen LogP contribution >= 0.6 is 0 Å². The Morgan fingerprint density at radius 3 is 2.62 bits per heavy atom. The van der Waals surface area contributed by atoms with Crippen molar-refractivity contribution in [1.29, 1.82) is 0 Å². The van der Waals surface area contributed by atoms with E-state index in [-0.39, 0.29) is 0 Å². The zero-order chi connectivity index (χ0) is 14.7. The van der Waals surface area contributed by atoms with Crippen LogP contribution in [0.2, 0.25) is 0 Å². The minimum atomic E-state index is 0.383. The van der Waals surface area contributed by atoms with Gasteiger partial charge in [-0.15, -0.1) is 0 Å². The van der Waals surface area contributed by atoms with Crippen molar-refractivity contribution in [2.75, 3.05) is 6.54 Å². The number of aromatic nitrogens is 2. The van der Waals surface area contributed by atoms with Crippen LogP contribution in [0.1, 0.15) is 49.0 Å². The van der Waals surface area contributed by atoms with Gasteiger partial charge in [0.05, 0.1) is 0 Å². The molecule has 0 unspecified atom stereocenters. The predicted molar refractivity (Wildman–Crippen MR) is 82.3 cm³/mol. The van der Waals surface area contributed by atoms with E-state index in [2.05, 4.69) is 53.6 Å². The van der Waals surface area contributed by atoms with Gasteiger partial charge in [0, 0.05) is 18.4 Å². The van der Waals surface area contributed by atoms with Gasteiger partial charge in [-0.2, -0.15) is 4.98 Å². The van der Waals surface area contributed by atoms with Gasteiger partial charge in [-0.05, 0) is 36.9 Å². The Labute approximate surface area is 126 Å². The number of fused-ring (bicyclic) bond motifs is 1. The lowest BCUT2D eigenvalue weighted by molar-refractivity contribution is 0.365. The highest BCUT2D eigenvalue weighted by molar-refractivity contribution is 5.34. The maximum atomic E-state index is 5.39. The predicted octanol–water partition coefficient (Wildman–Crippen LogP) is 2.88. The zero-order valence-corrected chi connectivity index (χ0v) is 12.8. The molecule has 1 N–H and O–H groups in total. The number of nitrogens with zero attached hydrogens (tertiary/aromatic N) is 2. The van der Waals surface area contributed by atoms with Gasteiger partial charge in [-0.3, -0.25) is 0 Å². The fourth-order valence-electron chi connectivity index (χ4n) is 2.91. The molecule has 1 aromatic carbocycles. The van der Waals surface area contributed by atoms with Crippen molar-refractivity contribution in [2.24, 2.45) is 0 Å². The summed E-state index contributed by atoms with van der Waals surface area (Å²) in [6.07, 6.45) is 3.95. The number of hydrogen-bond donors (Lipinski definition) is 1. The van der Waals surface area contributed by atoms with E-state index in [9.17, 15) is 0 Å². The first-order chi connectivity index (χ1) is 10.2. The summed E-state index contributed by atoms with van der Waals surface area (Å²) in [5, 5.41) is 7.59. The number of benzene rings is 1. The Bertz CT molecular complexity index is 566. The van der Waals surface area contributed by atoms with E-state index in [0.717, 1.165) is 43.9 Å². The molecule has 0 aliphatic heterocycles. The minimum absolute atomic E-state index is 0.383. The maximum Gasteiger partial charge on any atom is 0.226 e. The van der Waals surface area contributed by atoms with E-state index in [0.29, 0.717) is 12.0 Å². The second-order valence-electron chi connectivity index (χ2n) is 6.13. The van der Waals surface area contributed by atoms with E-state index < -0.39 is 0 Å². The molecule has 0 amide bonds. The van der Waals surface area contributed by atoms with Crippen LogP contribution in [0.15, 0.2) is 28.8 Å². The van der Waals surface area contributed by atoms with Gasteiger partial charge in [-0.1, -0.05) is 43.3 Å². The lowest BCUT2D eigenvalue weighted by atomic mass is 10.1. The second kappa shape index (κ2) is 6.39. The molecule has 0 spiro atoms. The molecule has 0 fully saturated rings. The second-order valence-corrected chi connectivity index (χ2v) is 6.13. The first-order valence-electron chi connectivity index (χ1n) is 7.85. The van der Waals surface area contributed by atoms with E-state index >= 15 is 0 Å². The highest BCUT2D eigenvalue weighted by Crippen LogP contribution is 2.32. The third-order valence-electron chi connectivity index (χ3n) is 4.02. The van der Waals surface area contributed by atoms with Gasteiger partial charge in [0.1, 0.15) is 0 Å². The normalized spacial score (nSPS) is 14.8. The topological polar surface area (TPSA) is 51.0 Å². The van der Waals surface area contributed by atoms with Crippen LogP contribution in [0.3, 0.4) is 0 Å². The Morgan fingerprint density at radius 2 is 1.95 bits per heavy atom. The first kappa shape index (κ1) is 14.3. The van der Waals surface area contributed by atoms with Gasteiger partial charge >= 0.3 is 0 Å². The van der Waals surface area contributed by atoms with Gasteiger partial charge in [-0.25, -0.2) is 0 Å². The third-order valence-corrected chi connectivity index (χ3v) is 4.02. The molecule has 0 atom stereocenters. The minimum Gasteiger partial charge on any atom is -0.339 e. The van der Waals surface area contributed by atoms with E-state index in [4.69, 9.17) is 4.52 Å². The smallest absolute Gasteiger partial charge is 0.226 e. The van der Waals surface area contributed by atoms with Gasteiger partial charge < -0.3 is 9.84 Å². The largest absolute Gasteiger partial charge is 0.339 e. The van der Waals surface area contributed by atoms with Crippen LogP contribution in [-0.2, 0) is 19.3 Å². The molecule has 21 heavy (non-hydrogen) atoms. The van der Waals surface area contributed by atoms with Crippen molar-refractivity contribution in [3.8, 4) is 0 Å². The molecule has 0 radical (unpaired) electrons. The summed E-state index contributed by atoms with van der Waals surface area (Å²) in [6, 6.07) is 9.14. The molecular formula is C17H23N3O. The molecule has 3 rings (SSSR count). The number of nitrogens with one attached hydrogen (secondary N) is 1. The summed E-state index contributed by atoms with van der Waals surface area (Å²) in [4.78, 5) is 4.59. The Kier molecular flexibility index (Phi) is 4.34. The highest BCUT2D eigenvalue weighted by atomic mass is 16.5. The fourth-order valence-corrected chi connectivity index (χ4v) is 2.91. The molecular weight excluding hydrogens is 262 g/mol. The van der Waals surface area contributed by atoms with Crippen molar-refractivity contribution >= 4 is 0 Å². The van der Waals surface area contributed by atoms with Crippen LogP contribution in [0.5, 0.6) is 0 Å². The van der Waals surface area contributed by atoms with E-state index in [1.165, 1.54) is 11.1 Å². The SMILES string of the molecule is CC(C)NCCCc1nc(C2Cc3ccccc3C2)no1. The molecule has 1 aromatic heterocycles. The Morgan fingerprint density at radius 1 is 1.24 bits per heavy atom. The standard InChI is InChI=1S/C17H23N3O/c1-12(2)18-9-5-8-16-19-17(20-21-16)15-10-13-6-3-4-7-14(13)11-15/h3-4,6-7,12,15,18H,5,8-11H2,1-2H3. The molecule has 4 heteroatoms. The molecule has 112 valence electrons. The summed E-state index contributed by atoms with van der Waals surface area (Å²) in [6.45, 7) is 5.30. The van der Waals surface area contributed by atoms with Crippen LogP contribution in [-0.4, -0.2) is 22.7 Å². The highest BCUT2D eigenvalue weighted by Gasteiger charge is 2.26. The van der Waals surface area contributed by atoms with Gasteiger partial charge in [0.15, 0.2) is 5.82 Å². The van der Waals surface area contributed by atoms with Crippen LogP contribution in [0, 0.1) is 0 Å². The van der Waals surface area contributed by atoms with E-state index in [1.807, 2.05) is 0 Å². The zero-order valence-electron chi connectivity index (χ0n) is 12.8. The summed E-state index contributed by atoms with van der Waals surface area (Å²) < 4.78 is 5.39. The van der Waals surface area contributed by atoms with Crippen LogP contribution < -0.4 is 5.32 Å². The quantitative estimate of drug-likeness (QED) is 0.829. The molecule has 2 aromatic rings. The summed E-state index contributed by atoms with van der Waals surface area (Å²) in [5.41, 5.74) is 2.85. The summed E-state index contributed by atoms with van der Waals surface area (Å²) in [7, 11) is 0. The lowest BCUT2D eigenvalue weighted by Crippen LogP contribution is -2.23. The first-order valence-corrected chi connectivity index (χ1v) is 7.85. The molecule has 1 heterocycles. The van der Waals surface area contributed by atoms with Crippen molar-refractivity contribution in [3.63, 3.8) is 0 Å². The van der Waals surface area contributed by atoms with Crippen molar-refractivity contribution < 1.29 is 4.52 Å². The fraction of sp³-hybridized carbons (Fsp3) is 0.529. The molecule has 0 saturated carbocycles.